The molecule has 1 aromatic rings. The van der Waals surface area contributed by atoms with Crippen LogP contribution in [-0.4, -0.2) is 23.6 Å². The highest BCUT2D eigenvalue weighted by molar-refractivity contribution is 8.00. The van der Waals surface area contributed by atoms with Gasteiger partial charge >= 0.3 is 0 Å². The van der Waals surface area contributed by atoms with E-state index in [4.69, 9.17) is 10.5 Å². The predicted molar refractivity (Wildman–Crippen MR) is 66.9 cm³/mol. The van der Waals surface area contributed by atoms with E-state index in [9.17, 15) is 5.11 Å². The summed E-state index contributed by atoms with van der Waals surface area (Å²) in [4.78, 5) is 1.06. The smallest absolute Gasteiger partial charge is 0.134 e. The van der Waals surface area contributed by atoms with Crippen LogP contribution in [0.2, 0.25) is 0 Å². The van der Waals surface area contributed by atoms with Gasteiger partial charge in [0, 0.05) is 21.9 Å². The van der Waals surface area contributed by atoms with Gasteiger partial charge in [-0.2, -0.15) is 0 Å². The molecule has 16 heavy (non-hydrogen) atoms. The van der Waals surface area contributed by atoms with Gasteiger partial charge < -0.3 is 15.6 Å². The van der Waals surface area contributed by atoms with Gasteiger partial charge in [0.2, 0.25) is 0 Å². The topological polar surface area (TPSA) is 55.5 Å². The minimum Gasteiger partial charge on any atom is -0.496 e. The third-order valence-corrected chi connectivity index (χ3v) is 4.33. The second-order valence-corrected chi connectivity index (χ2v) is 5.35. The third kappa shape index (κ3) is 2.44. The third-order valence-electron chi connectivity index (χ3n) is 2.88. The minimum atomic E-state index is -0.188. The van der Waals surface area contributed by atoms with E-state index in [2.05, 4.69) is 0 Å². The zero-order chi connectivity index (χ0) is 11.5. The summed E-state index contributed by atoms with van der Waals surface area (Å²) in [5, 5.41) is 10.1. The van der Waals surface area contributed by atoms with Crippen molar-refractivity contribution in [2.24, 2.45) is 0 Å². The molecule has 1 aliphatic rings. The van der Waals surface area contributed by atoms with Crippen molar-refractivity contribution in [2.75, 3.05) is 12.8 Å². The molecule has 1 aromatic carbocycles. The van der Waals surface area contributed by atoms with Gasteiger partial charge in [-0.15, -0.1) is 11.8 Å². The molecular formula is C12H17NO2S. The van der Waals surface area contributed by atoms with Gasteiger partial charge in [-0.25, -0.2) is 0 Å². The molecule has 2 unspecified atom stereocenters. The summed E-state index contributed by atoms with van der Waals surface area (Å²) in [5.74, 6) is 0.795. The molecule has 0 aliphatic heterocycles. The van der Waals surface area contributed by atoms with E-state index in [0.29, 0.717) is 5.69 Å². The van der Waals surface area contributed by atoms with Crippen LogP contribution in [0.5, 0.6) is 5.75 Å². The van der Waals surface area contributed by atoms with E-state index in [1.165, 1.54) is 0 Å². The van der Waals surface area contributed by atoms with Crippen LogP contribution in [0.1, 0.15) is 19.3 Å². The van der Waals surface area contributed by atoms with Gasteiger partial charge in [-0.1, -0.05) is 0 Å². The van der Waals surface area contributed by atoms with Crippen LogP contribution >= 0.6 is 11.8 Å². The second kappa shape index (κ2) is 4.97. The van der Waals surface area contributed by atoms with Crippen LogP contribution in [0.25, 0.3) is 0 Å². The maximum atomic E-state index is 9.78. The Hall–Kier alpha value is -0.870. The molecule has 2 rings (SSSR count). The van der Waals surface area contributed by atoms with Crippen molar-refractivity contribution in [3.63, 3.8) is 0 Å². The highest BCUT2D eigenvalue weighted by Crippen LogP contribution is 2.39. The fourth-order valence-corrected chi connectivity index (χ4v) is 3.30. The molecule has 3 N–H and O–H groups in total. The molecule has 0 amide bonds. The van der Waals surface area contributed by atoms with Gasteiger partial charge in [0.05, 0.1) is 13.2 Å². The molecule has 4 heteroatoms. The molecule has 88 valence electrons. The summed E-state index contributed by atoms with van der Waals surface area (Å²) < 4.78 is 5.29. The number of aliphatic hydroxyl groups excluding tert-OH is 1. The van der Waals surface area contributed by atoms with E-state index in [1.807, 2.05) is 18.2 Å². The molecule has 0 aromatic heterocycles. The lowest BCUT2D eigenvalue weighted by Crippen LogP contribution is -2.15. The molecule has 0 heterocycles. The molecule has 1 saturated carbocycles. The molecule has 1 fully saturated rings. The number of anilines is 1. The van der Waals surface area contributed by atoms with Gasteiger partial charge in [0.15, 0.2) is 0 Å². The number of nitrogen functional groups attached to an aromatic ring is 1. The standard InChI is InChI=1S/C12H17NO2S/c1-15-10-7-8(13)5-6-12(10)16-11-4-2-3-9(11)14/h5-7,9,11,14H,2-4,13H2,1H3. The number of nitrogens with two attached hydrogens (primary N) is 1. The summed E-state index contributed by atoms with van der Waals surface area (Å²) in [6, 6.07) is 5.65. The number of hydrogen-bond acceptors (Lipinski definition) is 4. The average molecular weight is 239 g/mol. The Morgan fingerprint density at radius 3 is 2.88 bits per heavy atom. The van der Waals surface area contributed by atoms with Crippen molar-refractivity contribution in [3.8, 4) is 5.75 Å². The van der Waals surface area contributed by atoms with Gasteiger partial charge in [-0.3, -0.25) is 0 Å². The summed E-state index contributed by atoms with van der Waals surface area (Å²) in [5.41, 5.74) is 6.40. The average Bonchev–Trinajstić information content (AvgIpc) is 2.67. The number of ether oxygens (including phenoxy) is 1. The second-order valence-electron chi connectivity index (χ2n) is 4.06. The Morgan fingerprint density at radius 2 is 2.25 bits per heavy atom. The fourth-order valence-electron chi connectivity index (χ4n) is 1.99. The first-order valence-electron chi connectivity index (χ1n) is 5.49. The Morgan fingerprint density at radius 1 is 1.44 bits per heavy atom. The molecular weight excluding hydrogens is 222 g/mol. The Bertz CT molecular complexity index is 370. The summed E-state index contributed by atoms with van der Waals surface area (Å²) in [6.07, 6.45) is 2.90. The van der Waals surface area contributed by atoms with Crippen molar-refractivity contribution in [1.82, 2.24) is 0 Å². The maximum Gasteiger partial charge on any atom is 0.134 e. The molecule has 0 bridgehead atoms. The van der Waals surface area contributed by atoms with Crippen LogP contribution in [-0.2, 0) is 0 Å². The lowest BCUT2D eigenvalue weighted by atomic mass is 10.3. The van der Waals surface area contributed by atoms with Gasteiger partial charge in [0.1, 0.15) is 5.75 Å². The number of hydrogen-bond donors (Lipinski definition) is 2. The van der Waals surface area contributed by atoms with Crippen LogP contribution < -0.4 is 10.5 Å². The van der Waals surface area contributed by atoms with Gasteiger partial charge in [-0.05, 0) is 31.4 Å². The number of rotatable bonds is 3. The van der Waals surface area contributed by atoms with Crippen molar-refractivity contribution in [2.45, 2.75) is 35.5 Å². The highest BCUT2D eigenvalue weighted by Gasteiger charge is 2.26. The van der Waals surface area contributed by atoms with Crippen LogP contribution in [0, 0.1) is 0 Å². The van der Waals surface area contributed by atoms with E-state index in [-0.39, 0.29) is 11.4 Å². The van der Waals surface area contributed by atoms with E-state index < -0.39 is 0 Å². The first kappa shape index (κ1) is 11.6. The van der Waals surface area contributed by atoms with Crippen LogP contribution in [0.15, 0.2) is 23.1 Å². The number of methoxy groups -OCH3 is 1. The minimum absolute atomic E-state index is 0.188. The van der Waals surface area contributed by atoms with Crippen LogP contribution in [0.3, 0.4) is 0 Å². The van der Waals surface area contributed by atoms with Crippen molar-refractivity contribution in [1.29, 1.82) is 0 Å². The summed E-state index contributed by atoms with van der Waals surface area (Å²) >= 11 is 1.69. The predicted octanol–water partition coefficient (Wildman–Crippen LogP) is 2.28. The van der Waals surface area contributed by atoms with Crippen molar-refractivity contribution < 1.29 is 9.84 Å². The zero-order valence-electron chi connectivity index (χ0n) is 9.35. The Labute approximate surface area is 100.0 Å². The normalized spacial score (nSPS) is 24.6. The first-order chi connectivity index (χ1) is 7.70. The Kier molecular flexibility index (Phi) is 3.61. The molecule has 0 radical (unpaired) electrons. The fraction of sp³-hybridized carbons (Fsp3) is 0.500. The zero-order valence-corrected chi connectivity index (χ0v) is 10.2. The molecule has 0 saturated heterocycles. The van der Waals surface area contributed by atoms with Gasteiger partial charge in [0.25, 0.3) is 0 Å². The van der Waals surface area contributed by atoms with E-state index in [0.717, 1.165) is 29.9 Å². The van der Waals surface area contributed by atoms with Crippen molar-refractivity contribution >= 4 is 17.4 Å². The summed E-state index contributed by atoms with van der Waals surface area (Å²) in [7, 11) is 1.64. The van der Waals surface area contributed by atoms with Crippen LogP contribution in [0.4, 0.5) is 5.69 Å². The number of benzene rings is 1. The first-order valence-corrected chi connectivity index (χ1v) is 6.37. The van der Waals surface area contributed by atoms with E-state index in [1.54, 1.807) is 18.9 Å². The summed E-state index contributed by atoms with van der Waals surface area (Å²) in [6.45, 7) is 0. The lowest BCUT2D eigenvalue weighted by Gasteiger charge is -2.16. The molecule has 1 aliphatic carbocycles. The quantitative estimate of drug-likeness (QED) is 0.795. The molecule has 3 nitrogen and oxygen atoms in total. The lowest BCUT2D eigenvalue weighted by molar-refractivity contribution is 0.188. The maximum absolute atomic E-state index is 9.78. The SMILES string of the molecule is COc1cc(N)ccc1SC1CCCC1O. The van der Waals surface area contributed by atoms with Crippen molar-refractivity contribution in [3.05, 3.63) is 18.2 Å². The highest BCUT2D eigenvalue weighted by atomic mass is 32.2. The number of thioether (sulfide) groups is 1. The Balaban J connectivity index is 2.14. The molecule has 0 spiro atoms. The number of aliphatic hydroxyl groups is 1. The molecule has 2 atom stereocenters. The monoisotopic (exact) mass is 239 g/mol. The van der Waals surface area contributed by atoms with E-state index >= 15 is 0 Å². The largest absolute Gasteiger partial charge is 0.496 e.